The lowest BCUT2D eigenvalue weighted by molar-refractivity contribution is 0.0521. The Bertz CT molecular complexity index is 888. The van der Waals surface area contributed by atoms with E-state index < -0.39 is 5.97 Å². The second kappa shape index (κ2) is 6.58. The molecule has 0 fully saturated rings. The summed E-state index contributed by atoms with van der Waals surface area (Å²) in [7, 11) is 1.60. The smallest absolute Gasteiger partial charge is 0.357 e. The van der Waals surface area contributed by atoms with Crippen LogP contribution in [0.5, 0.6) is 11.5 Å². The number of nitrogens with zero attached hydrogens (tertiary/aromatic N) is 1. The molecule has 0 saturated carbocycles. The van der Waals surface area contributed by atoms with Crippen LogP contribution in [0.2, 0.25) is 0 Å². The molecule has 0 aliphatic carbocycles. The number of phenolic OH excluding ortho intramolecular Hbond substituents is 1. The molecule has 0 bridgehead atoms. The summed E-state index contributed by atoms with van der Waals surface area (Å²) in [5, 5.41) is 10.3. The summed E-state index contributed by atoms with van der Waals surface area (Å²) in [6.07, 6.45) is 0. The summed E-state index contributed by atoms with van der Waals surface area (Å²) in [5.41, 5.74) is 2.35. The first-order chi connectivity index (χ1) is 11.6. The second-order valence-electron chi connectivity index (χ2n) is 5.21. The molecule has 24 heavy (non-hydrogen) atoms. The predicted octanol–water partition coefficient (Wildman–Crippen LogP) is 3.79. The molecule has 1 aromatic heterocycles. The number of hydrogen-bond acceptors (Lipinski definition) is 5. The molecule has 3 rings (SSSR count). The number of pyridine rings is 1. The van der Waals surface area contributed by atoms with Gasteiger partial charge in [0.05, 0.1) is 19.2 Å². The number of benzene rings is 2. The number of hydrogen-bond donors (Lipinski definition) is 1. The minimum absolute atomic E-state index is 0.159. The average Bonchev–Trinajstić information content (AvgIpc) is 2.61. The van der Waals surface area contributed by atoms with E-state index in [1.54, 1.807) is 50.4 Å². The van der Waals surface area contributed by atoms with Gasteiger partial charge in [-0.2, -0.15) is 0 Å². The molecule has 122 valence electrons. The number of methoxy groups -OCH3 is 1. The number of aromatic nitrogens is 1. The van der Waals surface area contributed by atoms with Crippen LogP contribution >= 0.6 is 0 Å². The highest BCUT2D eigenvalue weighted by molar-refractivity contribution is 5.99. The third-order valence-electron chi connectivity index (χ3n) is 3.67. The summed E-state index contributed by atoms with van der Waals surface area (Å²) in [5.74, 6) is 0.398. The number of esters is 1. The van der Waals surface area contributed by atoms with Crippen LogP contribution in [0.25, 0.3) is 22.0 Å². The fraction of sp³-hybridized carbons (Fsp3) is 0.158. The number of carbonyl (C=O) groups is 1. The first kappa shape index (κ1) is 15.8. The van der Waals surface area contributed by atoms with Gasteiger partial charge in [-0.05, 0) is 48.9 Å². The van der Waals surface area contributed by atoms with Gasteiger partial charge in [0.25, 0.3) is 0 Å². The molecule has 0 saturated heterocycles. The van der Waals surface area contributed by atoms with Gasteiger partial charge in [0, 0.05) is 10.9 Å². The molecule has 0 atom stereocenters. The Hall–Kier alpha value is -3.08. The molecular weight excluding hydrogens is 306 g/mol. The average molecular weight is 323 g/mol. The van der Waals surface area contributed by atoms with E-state index >= 15 is 0 Å². The first-order valence-electron chi connectivity index (χ1n) is 7.57. The third-order valence-corrected chi connectivity index (χ3v) is 3.67. The molecule has 0 radical (unpaired) electrons. The van der Waals surface area contributed by atoms with Crippen molar-refractivity contribution in [3.8, 4) is 22.6 Å². The standard InChI is InChI=1S/C19H17NO4/c1-3-24-19(22)18-16(12-4-6-14(21)7-5-12)11-13-10-15(23-2)8-9-17(13)20-18/h4-11,21H,3H2,1-2H3. The minimum atomic E-state index is -0.474. The van der Waals surface area contributed by atoms with E-state index in [-0.39, 0.29) is 18.1 Å². The lowest BCUT2D eigenvalue weighted by Gasteiger charge is -2.11. The van der Waals surface area contributed by atoms with Gasteiger partial charge in [0.1, 0.15) is 11.5 Å². The Morgan fingerprint density at radius 1 is 1.12 bits per heavy atom. The van der Waals surface area contributed by atoms with E-state index in [0.717, 1.165) is 10.9 Å². The zero-order valence-corrected chi connectivity index (χ0v) is 13.4. The van der Waals surface area contributed by atoms with E-state index in [1.165, 1.54) is 0 Å². The number of phenols is 1. The molecule has 0 unspecified atom stereocenters. The molecule has 1 heterocycles. The lowest BCUT2D eigenvalue weighted by Crippen LogP contribution is -2.09. The van der Waals surface area contributed by atoms with Gasteiger partial charge in [0.15, 0.2) is 5.69 Å². The topological polar surface area (TPSA) is 68.7 Å². The molecular formula is C19H17NO4. The number of aromatic hydroxyl groups is 1. The maximum atomic E-state index is 12.3. The van der Waals surface area contributed by atoms with Crippen LogP contribution in [0.3, 0.4) is 0 Å². The molecule has 1 N–H and O–H groups in total. The molecule has 0 aliphatic heterocycles. The normalized spacial score (nSPS) is 10.6. The Balaban J connectivity index is 2.23. The Labute approximate surface area is 139 Å². The van der Waals surface area contributed by atoms with Gasteiger partial charge >= 0.3 is 5.97 Å². The third kappa shape index (κ3) is 3.01. The number of fused-ring (bicyclic) bond motifs is 1. The van der Waals surface area contributed by atoms with Gasteiger partial charge in [-0.3, -0.25) is 0 Å². The molecule has 3 aromatic rings. The number of carbonyl (C=O) groups excluding carboxylic acids is 1. The predicted molar refractivity (Wildman–Crippen MR) is 91.4 cm³/mol. The highest BCUT2D eigenvalue weighted by Gasteiger charge is 2.17. The van der Waals surface area contributed by atoms with Crippen LogP contribution in [-0.4, -0.2) is 29.8 Å². The minimum Gasteiger partial charge on any atom is -0.508 e. The molecule has 0 spiro atoms. The van der Waals surface area contributed by atoms with Crippen LogP contribution in [0.15, 0.2) is 48.5 Å². The van der Waals surface area contributed by atoms with Crippen LogP contribution in [0.4, 0.5) is 0 Å². The van der Waals surface area contributed by atoms with Crippen molar-refractivity contribution in [3.63, 3.8) is 0 Å². The first-order valence-corrected chi connectivity index (χ1v) is 7.57. The number of ether oxygens (including phenoxy) is 2. The zero-order chi connectivity index (χ0) is 17.1. The van der Waals surface area contributed by atoms with E-state index in [2.05, 4.69) is 4.98 Å². The van der Waals surface area contributed by atoms with Crippen LogP contribution in [-0.2, 0) is 4.74 Å². The number of rotatable bonds is 4. The molecule has 0 amide bonds. The molecule has 0 aliphatic rings. The van der Waals surface area contributed by atoms with E-state index in [9.17, 15) is 9.90 Å². The van der Waals surface area contributed by atoms with Crippen molar-refractivity contribution in [2.75, 3.05) is 13.7 Å². The summed E-state index contributed by atoms with van der Waals surface area (Å²) in [4.78, 5) is 16.8. The second-order valence-corrected chi connectivity index (χ2v) is 5.21. The van der Waals surface area contributed by atoms with Crippen molar-refractivity contribution >= 4 is 16.9 Å². The SMILES string of the molecule is CCOC(=O)c1nc2ccc(OC)cc2cc1-c1ccc(O)cc1. The summed E-state index contributed by atoms with van der Waals surface area (Å²) < 4.78 is 10.4. The largest absolute Gasteiger partial charge is 0.508 e. The van der Waals surface area contributed by atoms with Crippen molar-refractivity contribution in [3.05, 3.63) is 54.2 Å². The van der Waals surface area contributed by atoms with Crippen molar-refractivity contribution in [1.29, 1.82) is 0 Å². The van der Waals surface area contributed by atoms with Crippen molar-refractivity contribution in [2.24, 2.45) is 0 Å². The van der Waals surface area contributed by atoms with Crippen LogP contribution in [0, 0.1) is 0 Å². The zero-order valence-electron chi connectivity index (χ0n) is 13.4. The van der Waals surface area contributed by atoms with Crippen LogP contribution in [0.1, 0.15) is 17.4 Å². The molecule has 5 heteroatoms. The fourth-order valence-corrected chi connectivity index (χ4v) is 2.50. The van der Waals surface area contributed by atoms with E-state index in [4.69, 9.17) is 9.47 Å². The highest BCUT2D eigenvalue weighted by atomic mass is 16.5. The van der Waals surface area contributed by atoms with Crippen molar-refractivity contribution < 1.29 is 19.4 Å². The van der Waals surface area contributed by atoms with Gasteiger partial charge in [0.2, 0.25) is 0 Å². The van der Waals surface area contributed by atoms with Crippen molar-refractivity contribution in [2.45, 2.75) is 6.92 Å². The Kier molecular flexibility index (Phi) is 4.33. The monoisotopic (exact) mass is 323 g/mol. The molecule has 5 nitrogen and oxygen atoms in total. The van der Waals surface area contributed by atoms with E-state index in [0.29, 0.717) is 16.8 Å². The highest BCUT2D eigenvalue weighted by Crippen LogP contribution is 2.30. The quantitative estimate of drug-likeness (QED) is 0.740. The van der Waals surface area contributed by atoms with Gasteiger partial charge in [-0.25, -0.2) is 9.78 Å². The summed E-state index contributed by atoms with van der Waals surface area (Å²) >= 11 is 0. The maximum absolute atomic E-state index is 12.3. The molecule has 2 aromatic carbocycles. The van der Waals surface area contributed by atoms with Gasteiger partial charge < -0.3 is 14.6 Å². The van der Waals surface area contributed by atoms with E-state index in [1.807, 2.05) is 12.1 Å². The van der Waals surface area contributed by atoms with Gasteiger partial charge in [-0.15, -0.1) is 0 Å². The van der Waals surface area contributed by atoms with Crippen LogP contribution < -0.4 is 4.74 Å². The Morgan fingerprint density at radius 2 is 1.88 bits per heavy atom. The summed E-state index contributed by atoms with van der Waals surface area (Å²) in [6, 6.07) is 14.0. The van der Waals surface area contributed by atoms with Crippen molar-refractivity contribution in [1.82, 2.24) is 4.98 Å². The van der Waals surface area contributed by atoms with Gasteiger partial charge in [-0.1, -0.05) is 12.1 Å². The maximum Gasteiger partial charge on any atom is 0.357 e. The summed E-state index contributed by atoms with van der Waals surface area (Å²) in [6.45, 7) is 2.03. The fourth-order valence-electron chi connectivity index (χ4n) is 2.50. The lowest BCUT2D eigenvalue weighted by atomic mass is 10.0. The Morgan fingerprint density at radius 3 is 2.54 bits per heavy atom.